The molecule has 0 N–H and O–H groups in total. The first-order valence-electron chi connectivity index (χ1n) is 8.35. The average molecular weight is 427 g/mol. The van der Waals surface area contributed by atoms with E-state index in [1.54, 1.807) is 13.2 Å². The molecule has 0 saturated carbocycles. The zero-order chi connectivity index (χ0) is 19.2. The van der Waals surface area contributed by atoms with Crippen LogP contribution in [0.3, 0.4) is 0 Å². The lowest BCUT2D eigenvalue weighted by Gasteiger charge is -2.14. The number of carbonyl (C=O) groups is 1. The van der Waals surface area contributed by atoms with Crippen LogP contribution in [0.5, 0.6) is 11.5 Å². The van der Waals surface area contributed by atoms with Crippen LogP contribution < -0.4 is 9.47 Å². The lowest BCUT2D eigenvalue weighted by atomic mass is 10.1. The molecule has 0 saturated heterocycles. The van der Waals surface area contributed by atoms with E-state index < -0.39 is 5.97 Å². The van der Waals surface area contributed by atoms with Crippen molar-refractivity contribution in [1.82, 2.24) is 0 Å². The van der Waals surface area contributed by atoms with Gasteiger partial charge in [0.1, 0.15) is 6.61 Å². The fourth-order valence-electron chi connectivity index (χ4n) is 2.78. The molecule has 0 radical (unpaired) electrons. The van der Waals surface area contributed by atoms with E-state index in [9.17, 15) is 4.79 Å². The Hall–Kier alpha value is -2.79. The van der Waals surface area contributed by atoms with Crippen molar-refractivity contribution >= 4 is 38.7 Å². The van der Waals surface area contributed by atoms with Crippen LogP contribution in [0.25, 0.3) is 16.8 Å². The van der Waals surface area contributed by atoms with Crippen molar-refractivity contribution in [3.63, 3.8) is 0 Å². The zero-order valence-electron chi connectivity index (χ0n) is 15.1. The topological polar surface area (TPSA) is 44.8 Å². The highest BCUT2D eigenvalue weighted by atomic mass is 79.9. The summed E-state index contributed by atoms with van der Waals surface area (Å²) in [6.45, 7) is 0.410. The number of fused-ring (bicyclic) bond motifs is 1. The molecule has 4 nitrogen and oxygen atoms in total. The van der Waals surface area contributed by atoms with Gasteiger partial charge in [0.25, 0.3) is 0 Å². The maximum atomic E-state index is 11.3. The van der Waals surface area contributed by atoms with Crippen LogP contribution in [-0.2, 0) is 16.1 Å². The molecule has 138 valence electrons. The number of ether oxygens (including phenoxy) is 3. The Balaban J connectivity index is 1.86. The second-order valence-corrected chi connectivity index (χ2v) is 6.67. The summed E-state index contributed by atoms with van der Waals surface area (Å²) in [4.78, 5) is 11.3. The Labute approximate surface area is 166 Å². The largest absolute Gasteiger partial charge is 0.493 e. The van der Waals surface area contributed by atoms with Gasteiger partial charge < -0.3 is 14.2 Å². The summed E-state index contributed by atoms with van der Waals surface area (Å²) in [6.07, 6.45) is 3.02. The van der Waals surface area contributed by atoms with Gasteiger partial charge in [-0.05, 0) is 56.0 Å². The minimum atomic E-state index is -0.415. The summed E-state index contributed by atoms with van der Waals surface area (Å²) in [7, 11) is 2.92. The van der Waals surface area contributed by atoms with Crippen LogP contribution in [0.15, 0.2) is 65.1 Å². The Morgan fingerprint density at radius 3 is 2.63 bits per heavy atom. The number of benzene rings is 3. The molecule has 0 aliphatic carbocycles. The van der Waals surface area contributed by atoms with Gasteiger partial charge in [-0.25, -0.2) is 4.79 Å². The number of hydrogen-bond acceptors (Lipinski definition) is 4. The van der Waals surface area contributed by atoms with E-state index in [-0.39, 0.29) is 0 Å². The fraction of sp³-hybridized carbons (Fsp3) is 0.136. The standard InChI is InChI=1S/C22H19BrO4/c1-25-20-13-15(10-11-21(24)26-2)12-19(23)22(20)27-14-17-8-5-7-16-6-3-4-9-18(16)17/h3-13H,14H2,1-2H3/b11-10+. The number of carbonyl (C=O) groups excluding carboxylic acids is 1. The molecule has 0 heterocycles. The predicted octanol–water partition coefficient (Wildman–Crippen LogP) is 5.38. The summed E-state index contributed by atoms with van der Waals surface area (Å²) >= 11 is 3.53. The zero-order valence-corrected chi connectivity index (χ0v) is 16.7. The molecule has 0 aliphatic rings. The Morgan fingerprint density at radius 1 is 1.07 bits per heavy atom. The van der Waals surface area contributed by atoms with Crippen molar-refractivity contribution in [1.29, 1.82) is 0 Å². The number of halogens is 1. The smallest absolute Gasteiger partial charge is 0.330 e. The molecule has 3 aromatic rings. The van der Waals surface area contributed by atoms with Crippen LogP contribution in [0.1, 0.15) is 11.1 Å². The molecule has 3 rings (SSSR count). The van der Waals surface area contributed by atoms with Gasteiger partial charge in [0.2, 0.25) is 0 Å². The molecular formula is C22H19BrO4. The van der Waals surface area contributed by atoms with Crippen molar-refractivity contribution in [2.45, 2.75) is 6.61 Å². The van der Waals surface area contributed by atoms with Crippen LogP contribution in [0.2, 0.25) is 0 Å². The van der Waals surface area contributed by atoms with Crippen molar-refractivity contribution < 1.29 is 19.0 Å². The molecule has 0 aromatic heterocycles. The third kappa shape index (κ3) is 4.49. The van der Waals surface area contributed by atoms with Crippen LogP contribution in [0.4, 0.5) is 0 Å². The number of esters is 1. The first kappa shape index (κ1) is 19.0. The van der Waals surface area contributed by atoms with Gasteiger partial charge in [-0.1, -0.05) is 42.5 Å². The Morgan fingerprint density at radius 2 is 1.85 bits per heavy atom. The molecule has 0 spiro atoms. The number of hydrogen-bond donors (Lipinski definition) is 0. The maximum Gasteiger partial charge on any atom is 0.330 e. The molecule has 0 unspecified atom stereocenters. The first-order valence-corrected chi connectivity index (χ1v) is 9.14. The quantitative estimate of drug-likeness (QED) is 0.392. The van der Waals surface area contributed by atoms with Gasteiger partial charge in [-0.15, -0.1) is 0 Å². The van der Waals surface area contributed by atoms with Crippen molar-refractivity contribution in [2.24, 2.45) is 0 Å². The van der Waals surface area contributed by atoms with Gasteiger partial charge in [0.05, 0.1) is 18.7 Å². The number of rotatable bonds is 6. The summed E-state index contributed by atoms with van der Waals surface area (Å²) in [6, 6.07) is 18.0. The van der Waals surface area contributed by atoms with Crippen molar-refractivity contribution in [3.05, 3.63) is 76.3 Å². The van der Waals surface area contributed by atoms with Gasteiger partial charge in [-0.3, -0.25) is 0 Å². The molecular weight excluding hydrogens is 408 g/mol. The van der Waals surface area contributed by atoms with Crippen LogP contribution >= 0.6 is 15.9 Å². The van der Waals surface area contributed by atoms with Crippen molar-refractivity contribution in [2.75, 3.05) is 14.2 Å². The van der Waals surface area contributed by atoms with E-state index >= 15 is 0 Å². The SMILES string of the molecule is COC(=O)/C=C/c1cc(Br)c(OCc2cccc3ccccc23)c(OC)c1. The lowest BCUT2D eigenvalue weighted by molar-refractivity contribution is -0.134. The van der Waals surface area contributed by atoms with E-state index in [1.807, 2.05) is 30.3 Å². The van der Waals surface area contributed by atoms with E-state index in [0.29, 0.717) is 18.1 Å². The molecule has 5 heteroatoms. The van der Waals surface area contributed by atoms with E-state index in [2.05, 4.69) is 44.9 Å². The minimum absolute atomic E-state index is 0.410. The first-order chi connectivity index (χ1) is 13.1. The van der Waals surface area contributed by atoms with Gasteiger partial charge >= 0.3 is 5.97 Å². The minimum Gasteiger partial charge on any atom is -0.493 e. The van der Waals surface area contributed by atoms with E-state index in [4.69, 9.17) is 9.47 Å². The molecule has 0 fully saturated rings. The van der Waals surface area contributed by atoms with E-state index in [1.165, 1.54) is 18.6 Å². The predicted molar refractivity (Wildman–Crippen MR) is 110 cm³/mol. The third-order valence-corrected chi connectivity index (χ3v) is 4.71. The Kier molecular flexibility index (Phi) is 6.14. The van der Waals surface area contributed by atoms with Gasteiger partial charge in [-0.2, -0.15) is 0 Å². The molecule has 0 bridgehead atoms. The third-order valence-electron chi connectivity index (χ3n) is 4.12. The molecule has 3 aromatic carbocycles. The van der Waals surface area contributed by atoms with Crippen LogP contribution in [0, 0.1) is 0 Å². The normalized spacial score (nSPS) is 10.9. The highest BCUT2D eigenvalue weighted by Gasteiger charge is 2.12. The summed E-state index contributed by atoms with van der Waals surface area (Å²) in [5.74, 6) is 0.774. The molecule has 0 amide bonds. The van der Waals surface area contributed by atoms with Gasteiger partial charge in [0, 0.05) is 6.08 Å². The highest BCUT2D eigenvalue weighted by Crippen LogP contribution is 2.38. The number of methoxy groups -OCH3 is 2. The lowest BCUT2D eigenvalue weighted by Crippen LogP contribution is -2.00. The van der Waals surface area contributed by atoms with Crippen molar-refractivity contribution in [3.8, 4) is 11.5 Å². The van der Waals surface area contributed by atoms with E-state index in [0.717, 1.165) is 21.0 Å². The highest BCUT2D eigenvalue weighted by molar-refractivity contribution is 9.10. The average Bonchev–Trinajstić information content (AvgIpc) is 2.70. The second kappa shape index (κ2) is 8.73. The molecule has 0 atom stereocenters. The van der Waals surface area contributed by atoms with Crippen LogP contribution in [-0.4, -0.2) is 20.2 Å². The Bertz CT molecular complexity index is 990. The fourth-order valence-corrected chi connectivity index (χ4v) is 3.35. The van der Waals surface area contributed by atoms with Gasteiger partial charge in [0.15, 0.2) is 11.5 Å². The summed E-state index contributed by atoms with van der Waals surface area (Å²) in [5.41, 5.74) is 1.89. The molecule has 27 heavy (non-hydrogen) atoms. The molecule has 0 aliphatic heterocycles. The summed E-state index contributed by atoms with van der Waals surface area (Å²) in [5, 5.41) is 2.33. The second-order valence-electron chi connectivity index (χ2n) is 5.82. The maximum absolute atomic E-state index is 11.3. The monoisotopic (exact) mass is 426 g/mol. The summed E-state index contributed by atoms with van der Waals surface area (Å²) < 4.78 is 16.9.